The highest BCUT2D eigenvalue weighted by Gasteiger charge is 2.30. The minimum atomic E-state index is -0.141. The molecular formula is C17H17N3OS2. The number of aryl methyl sites for hydroxylation is 1. The van der Waals surface area contributed by atoms with Crippen molar-refractivity contribution in [3.05, 3.63) is 57.8 Å². The number of nitrogens with zero attached hydrogens (tertiary/aromatic N) is 2. The monoisotopic (exact) mass is 343 g/mol. The fourth-order valence-corrected chi connectivity index (χ4v) is 3.76. The number of benzene rings is 1. The van der Waals surface area contributed by atoms with E-state index in [9.17, 15) is 4.79 Å². The summed E-state index contributed by atoms with van der Waals surface area (Å²) in [5.74, 6) is -0.000332. The molecule has 6 heteroatoms. The molecule has 2 aromatic rings. The van der Waals surface area contributed by atoms with Gasteiger partial charge in [0, 0.05) is 4.88 Å². The first-order valence-corrected chi connectivity index (χ1v) is 9.20. The van der Waals surface area contributed by atoms with E-state index in [4.69, 9.17) is 0 Å². The Labute approximate surface area is 143 Å². The lowest BCUT2D eigenvalue weighted by Crippen LogP contribution is -2.25. The van der Waals surface area contributed by atoms with Crippen molar-refractivity contribution in [1.29, 1.82) is 0 Å². The van der Waals surface area contributed by atoms with Crippen LogP contribution in [-0.4, -0.2) is 22.5 Å². The highest BCUT2D eigenvalue weighted by molar-refractivity contribution is 8.15. The van der Waals surface area contributed by atoms with Crippen LogP contribution in [0.5, 0.6) is 0 Å². The van der Waals surface area contributed by atoms with Crippen molar-refractivity contribution in [3.8, 4) is 0 Å². The summed E-state index contributed by atoms with van der Waals surface area (Å²) in [6, 6.07) is 12.4. The molecule has 1 saturated heterocycles. The predicted molar refractivity (Wildman–Crippen MR) is 98.4 cm³/mol. The second kappa shape index (κ2) is 7.57. The molecule has 1 amide bonds. The van der Waals surface area contributed by atoms with E-state index in [1.165, 1.54) is 17.3 Å². The van der Waals surface area contributed by atoms with Crippen LogP contribution in [0.15, 0.2) is 52.0 Å². The standard InChI is InChI=1S/C17H17N3OS2/c1-2-12-5-7-13(8-6-12)10-15-16(21)19-17(23-15)20-18-11-14-4-3-9-22-14/h3-9,11,15H,2,10H2,1H3,(H,19,20,21)/b18-11-/t15-/m0/s1. The molecule has 1 atom stereocenters. The zero-order chi connectivity index (χ0) is 16.1. The maximum Gasteiger partial charge on any atom is 0.239 e. The normalized spacial score (nSPS) is 19.6. The second-order valence-corrected chi connectivity index (χ2v) is 7.31. The average molecular weight is 343 g/mol. The average Bonchev–Trinajstić information content (AvgIpc) is 3.19. The van der Waals surface area contributed by atoms with E-state index in [1.54, 1.807) is 17.6 Å². The number of nitrogens with one attached hydrogen (secondary N) is 1. The van der Waals surface area contributed by atoms with Crippen molar-refractivity contribution in [1.82, 2.24) is 5.32 Å². The van der Waals surface area contributed by atoms with Crippen LogP contribution in [0, 0.1) is 0 Å². The SMILES string of the molecule is CCc1ccc(C[C@@H]2S/C(=N\N=C/c3cccs3)NC2=O)cc1. The molecule has 0 aliphatic carbocycles. The maximum absolute atomic E-state index is 12.0. The van der Waals surface area contributed by atoms with Crippen LogP contribution in [0.3, 0.4) is 0 Å². The van der Waals surface area contributed by atoms with E-state index in [1.807, 2.05) is 17.5 Å². The van der Waals surface area contributed by atoms with Gasteiger partial charge in [0.15, 0.2) is 5.17 Å². The van der Waals surface area contributed by atoms with Crippen molar-refractivity contribution in [2.24, 2.45) is 10.2 Å². The molecule has 1 N–H and O–H groups in total. The van der Waals surface area contributed by atoms with Gasteiger partial charge >= 0.3 is 0 Å². The minimum absolute atomic E-state index is 0.000332. The number of thioether (sulfide) groups is 1. The molecule has 1 aromatic carbocycles. The number of hydrogen-bond acceptors (Lipinski definition) is 5. The van der Waals surface area contributed by atoms with E-state index < -0.39 is 0 Å². The summed E-state index contributed by atoms with van der Waals surface area (Å²) in [5.41, 5.74) is 2.47. The van der Waals surface area contributed by atoms with Crippen LogP contribution in [0.25, 0.3) is 0 Å². The fourth-order valence-electron chi connectivity index (χ4n) is 2.21. The van der Waals surface area contributed by atoms with E-state index in [-0.39, 0.29) is 11.2 Å². The summed E-state index contributed by atoms with van der Waals surface area (Å²) in [7, 11) is 0. The van der Waals surface area contributed by atoms with Crippen molar-refractivity contribution >= 4 is 40.4 Å². The molecule has 0 radical (unpaired) electrons. The quantitative estimate of drug-likeness (QED) is 0.667. The van der Waals surface area contributed by atoms with Crippen LogP contribution in [-0.2, 0) is 17.6 Å². The molecule has 1 aliphatic rings. The summed E-state index contributed by atoms with van der Waals surface area (Å²) in [5, 5.41) is 13.3. The van der Waals surface area contributed by atoms with Crippen LogP contribution in [0.4, 0.5) is 0 Å². The Hall–Kier alpha value is -1.92. The summed E-state index contributed by atoms with van der Waals surface area (Å²) in [4.78, 5) is 13.1. The molecule has 1 fully saturated rings. The van der Waals surface area contributed by atoms with Gasteiger partial charge in [-0.05, 0) is 35.4 Å². The van der Waals surface area contributed by atoms with Gasteiger partial charge in [-0.25, -0.2) is 0 Å². The number of carbonyl (C=O) groups is 1. The van der Waals surface area contributed by atoms with Gasteiger partial charge in [-0.3, -0.25) is 4.79 Å². The van der Waals surface area contributed by atoms with Gasteiger partial charge in [-0.2, -0.15) is 5.10 Å². The zero-order valence-corrected chi connectivity index (χ0v) is 14.4. The zero-order valence-electron chi connectivity index (χ0n) is 12.7. The molecule has 0 unspecified atom stereocenters. The van der Waals surface area contributed by atoms with Gasteiger partial charge < -0.3 is 5.32 Å². The van der Waals surface area contributed by atoms with Crippen LogP contribution < -0.4 is 5.32 Å². The third-order valence-electron chi connectivity index (χ3n) is 3.51. The number of amides is 1. The molecule has 1 aliphatic heterocycles. The Morgan fingerprint density at radius 3 is 2.70 bits per heavy atom. The lowest BCUT2D eigenvalue weighted by Gasteiger charge is -2.06. The largest absolute Gasteiger partial charge is 0.303 e. The number of amidine groups is 1. The Kier molecular flexibility index (Phi) is 5.25. The number of thiophene rings is 1. The van der Waals surface area contributed by atoms with E-state index in [0.29, 0.717) is 11.6 Å². The van der Waals surface area contributed by atoms with Crippen molar-refractivity contribution < 1.29 is 4.79 Å². The van der Waals surface area contributed by atoms with Crippen molar-refractivity contribution in [2.45, 2.75) is 25.0 Å². The molecule has 0 spiro atoms. The Bertz CT molecular complexity index is 721. The Balaban J connectivity index is 1.60. The Morgan fingerprint density at radius 2 is 2.00 bits per heavy atom. The van der Waals surface area contributed by atoms with Gasteiger partial charge in [0.2, 0.25) is 5.91 Å². The third kappa shape index (κ3) is 4.30. The summed E-state index contributed by atoms with van der Waals surface area (Å²) in [6.45, 7) is 2.13. The summed E-state index contributed by atoms with van der Waals surface area (Å²) < 4.78 is 0. The first-order valence-electron chi connectivity index (χ1n) is 7.44. The van der Waals surface area contributed by atoms with E-state index >= 15 is 0 Å². The minimum Gasteiger partial charge on any atom is -0.303 e. The van der Waals surface area contributed by atoms with E-state index in [2.05, 4.69) is 46.7 Å². The molecule has 23 heavy (non-hydrogen) atoms. The predicted octanol–water partition coefficient (Wildman–Crippen LogP) is 3.47. The Morgan fingerprint density at radius 1 is 1.22 bits per heavy atom. The third-order valence-corrected chi connectivity index (χ3v) is 5.38. The molecule has 0 bridgehead atoms. The lowest BCUT2D eigenvalue weighted by atomic mass is 10.1. The molecular weight excluding hydrogens is 326 g/mol. The summed E-state index contributed by atoms with van der Waals surface area (Å²) >= 11 is 3.04. The lowest BCUT2D eigenvalue weighted by molar-refractivity contribution is -0.118. The smallest absolute Gasteiger partial charge is 0.239 e. The fraction of sp³-hybridized carbons (Fsp3) is 0.235. The summed E-state index contributed by atoms with van der Waals surface area (Å²) in [6.07, 6.45) is 3.42. The van der Waals surface area contributed by atoms with Crippen LogP contribution in [0.2, 0.25) is 0 Å². The number of hydrogen-bond donors (Lipinski definition) is 1. The topological polar surface area (TPSA) is 53.8 Å². The second-order valence-electron chi connectivity index (χ2n) is 5.14. The number of carbonyl (C=O) groups excluding carboxylic acids is 1. The van der Waals surface area contributed by atoms with Gasteiger partial charge in [0.05, 0.1) is 11.5 Å². The van der Waals surface area contributed by atoms with Crippen LogP contribution >= 0.6 is 23.1 Å². The molecule has 1 aromatic heterocycles. The highest BCUT2D eigenvalue weighted by Crippen LogP contribution is 2.23. The number of rotatable bonds is 5. The van der Waals surface area contributed by atoms with Gasteiger partial charge in [0.1, 0.15) is 0 Å². The van der Waals surface area contributed by atoms with Gasteiger partial charge in [-0.1, -0.05) is 49.0 Å². The first kappa shape index (κ1) is 16.0. The van der Waals surface area contributed by atoms with Gasteiger partial charge in [0.25, 0.3) is 0 Å². The molecule has 3 rings (SSSR count). The molecule has 0 saturated carbocycles. The maximum atomic E-state index is 12.0. The van der Waals surface area contributed by atoms with E-state index in [0.717, 1.165) is 16.9 Å². The molecule has 2 heterocycles. The van der Waals surface area contributed by atoms with Crippen molar-refractivity contribution in [3.63, 3.8) is 0 Å². The first-order chi connectivity index (χ1) is 11.2. The molecule has 4 nitrogen and oxygen atoms in total. The van der Waals surface area contributed by atoms with Crippen LogP contribution in [0.1, 0.15) is 22.9 Å². The van der Waals surface area contributed by atoms with Crippen molar-refractivity contribution in [2.75, 3.05) is 0 Å². The highest BCUT2D eigenvalue weighted by atomic mass is 32.2. The molecule has 118 valence electrons. The van der Waals surface area contributed by atoms with Gasteiger partial charge in [-0.15, -0.1) is 16.4 Å².